The van der Waals surface area contributed by atoms with Gasteiger partial charge in [-0.1, -0.05) is 93.8 Å². The molecule has 3 rings (SSSR count). The third kappa shape index (κ3) is 6.18. The van der Waals surface area contributed by atoms with Crippen molar-refractivity contribution in [2.24, 2.45) is 0 Å². The van der Waals surface area contributed by atoms with Crippen LogP contribution in [0.4, 0.5) is 0 Å². The van der Waals surface area contributed by atoms with Crippen LogP contribution in [0, 0.1) is 0 Å². The smallest absolute Gasteiger partial charge is 1.00 e. The van der Waals surface area contributed by atoms with E-state index in [4.69, 9.17) is 0 Å². The maximum Gasteiger partial charge on any atom is 4.00 e. The second kappa shape index (κ2) is 13.5. The zero-order chi connectivity index (χ0) is 16.1. The van der Waals surface area contributed by atoms with E-state index in [1.807, 2.05) is 0 Å². The molecule has 4 heteroatoms. The fraction of sp³-hybridized carbons (Fsp3) is 0.261. The summed E-state index contributed by atoms with van der Waals surface area (Å²) in [6.45, 7) is 4.62. The first-order valence-corrected chi connectivity index (χ1v) is 8.63. The van der Waals surface area contributed by atoms with Gasteiger partial charge >= 0.3 is 21.7 Å². The van der Waals surface area contributed by atoms with Gasteiger partial charge in [0.25, 0.3) is 0 Å². The molecule has 3 aromatic rings. The normalized spacial score (nSPS) is 9.85. The monoisotopic (exact) mass is 454 g/mol. The Morgan fingerprint density at radius 2 is 1.22 bits per heavy atom. The molecule has 27 heavy (non-hydrogen) atoms. The first-order valence-electron chi connectivity index (χ1n) is 8.63. The Balaban J connectivity index is 0. The van der Waals surface area contributed by atoms with Crippen LogP contribution >= 0.6 is 0 Å². The minimum absolute atomic E-state index is 0. The van der Waals surface area contributed by atoms with E-state index in [1.165, 1.54) is 35.1 Å². The number of hydrogen-bond acceptors (Lipinski definition) is 0. The van der Waals surface area contributed by atoms with Gasteiger partial charge in [0.2, 0.25) is 0 Å². The van der Waals surface area contributed by atoms with Gasteiger partial charge < -0.3 is 37.2 Å². The summed E-state index contributed by atoms with van der Waals surface area (Å²) in [6, 6.07) is 28.6. The van der Waals surface area contributed by atoms with Gasteiger partial charge in [0, 0.05) is 0 Å². The molecule has 0 aliphatic carbocycles. The molecule has 0 atom stereocenters. The van der Waals surface area contributed by atoms with Gasteiger partial charge in [-0.2, -0.15) is 11.6 Å². The number of hydrogen-bond donors (Lipinski definition) is 0. The number of halogens is 3. The molecule has 0 bridgehead atoms. The molecule has 0 aliphatic heterocycles. The largest absolute Gasteiger partial charge is 4.00 e. The summed E-state index contributed by atoms with van der Waals surface area (Å²) in [6.07, 6.45) is 3.64. The SMILES string of the molecule is CCCCc1ccc[c-]1C(C)(c1ccccc1)c1ccccc1.[Cl-].[Cl-].[Cl-].[Ti+4]. The van der Waals surface area contributed by atoms with E-state index in [1.54, 1.807) is 0 Å². The van der Waals surface area contributed by atoms with Crippen LogP contribution in [0.5, 0.6) is 0 Å². The van der Waals surface area contributed by atoms with Crippen molar-refractivity contribution in [3.8, 4) is 0 Å². The quantitative estimate of drug-likeness (QED) is 0.277. The van der Waals surface area contributed by atoms with E-state index in [9.17, 15) is 0 Å². The minimum atomic E-state index is -0.102. The third-order valence-corrected chi connectivity index (χ3v) is 4.95. The predicted molar refractivity (Wildman–Crippen MR) is 99.1 cm³/mol. The fourth-order valence-electron chi connectivity index (χ4n) is 3.55. The minimum Gasteiger partial charge on any atom is -1.00 e. The number of rotatable bonds is 6. The fourth-order valence-corrected chi connectivity index (χ4v) is 3.55. The van der Waals surface area contributed by atoms with Crippen molar-refractivity contribution in [3.63, 3.8) is 0 Å². The Hall–Kier alpha value is -0.626. The molecular weight excluding hydrogens is 430 g/mol. The van der Waals surface area contributed by atoms with Gasteiger partial charge in [-0.05, 0) is 16.5 Å². The molecule has 0 saturated carbocycles. The van der Waals surface area contributed by atoms with Crippen LogP contribution in [0.2, 0.25) is 0 Å². The van der Waals surface area contributed by atoms with Crippen LogP contribution < -0.4 is 37.2 Å². The Bertz CT molecular complexity index is 699. The predicted octanol–water partition coefficient (Wildman–Crippen LogP) is -2.89. The average molecular weight is 456 g/mol. The number of aryl methyl sites for hydroxylation is 1. The molecule has 0 aromatic heterocycles. The van der Waals surface area contributed by atoms with Crippen molar-refractivity contribution < 1.29 is 58.9 Å². The van der Waals surface area contributed by atoms with Crippen LogP contribution in [0.1, 0.15) is 48.9 Å². The van der Waals surface area contributed by atoms with Crippen molar-refractivity contribution in [1.82, 2.24) is 0 Å². The standard InChI is InChI=1S/C23H25.3ClH.Ti/c1-3-4-12-19-13-11-18-22(19)23(2,20-14-7-5-8-15-20)21-16-9-6-10-17-21;;;;/h5-11,13-18H,3-4,12H2,1-2H3;3*1H;/q-1;;;;+4/p-3. The third-order valence-electron chi connectivity index (χ3n) is 4.95. The molecule has 0 spiro atoms. The van der Waals surface area contributed by atoms with Crippen molar-refractivity contribution >= 4 is 0 Å². The van der Waals surface area contributed by atoms with Crippen molar-refractivity contribution in [3.05, 3.63) is 101 Å². The van der Waals surface area contributed by atoms with E-state index in [0.717, 1.165) is 6.42 Å². The maximum atomic E-state index is 2.36. The summed E-state index contributed by atoms with van der Waals surface area (Å²) in [5, 5.41) is 0. The summed E-state index contributed by atoms with van der Waals surface area (Å²) in [7, 11) is 0. The van der Waals surface area contributed by atoms with E-state index >= 15 is 0 Å². The maximum absolute atomic E-state index is 2.36. The van der Waals surface area contributed by atoms with Crippen molar-refractivity contribution in [1.29, 1.82) is 0 Å². The van der Waals surface area contributed by atoms with Gasteiger partial charge in [-0.15, -0.1) is 5.56 Å². The molecule has 0 amide bonds. The number of benzene rings is 2. The summed E-state index contributed by atoms with van der Waals surface area (Å²) in [4.78, 5) is 0. The Kier molecular flexibility index (Phi) is 14.3. The Morgan fingerprint density at radius 1 is 0.741 bits per heavy atom. The molecule has 0 aliphatic rings. The average Bonchev–Trinajstić information content (AvgIpc) is 3.10. The second-order valence-corrected chi connectivity index (χ2v) is 6.43. The van der Waals surface area contributed by atoms with Crippen LogP contribution in [0.3, 0.4) is 0 Å². The summed E-state index contributed by atoms with van der Waals surface area (Å²) in [5.74, 6) is 0. The van der Waals surface area contributed by atoms with E-state index in [0.29, 0.717) is 0 Å². The Labute approximate surface area is 197 Å². The zero-order valence-corrected chi connectivity index (χ0v) is 19.6. The molecule has 0 radical (unpaired) electrons. The van der Waals surface area contributed by atoms with Crippen LogP contribution in [-0.2, 0) is 33.6 Å². The van der Waals surface area contributed by atoms with E-state index in [2.05, 4.69) is 92.7 Å². The summed E-state index contributed by atoms with van der Waals surface area (Å²) in [5.41, 5.74) is 5.55. The first kappa shape index (κ1) is 28.6. The topological polar surface area (TPSA) is 0 Å². The summed E-state index contributed by atoms with van der Waals surface area (Å²) >= 11 is 0. The van der Waals surface area contributed by atoms with Crippen LogP contribution in [-0.4, -0.2) is 0 Å². The molecule has 0 saturated heterocycles. The van der Waals surface area contributed by atoms with E-state index in [-0.39, 0.29) is 64.4 Å². The van der Waals surface area contributed by atoms with Gasteiger partial charge in [-0.3, -0.25) is 0 Å². The second-order valence-electron chi connectivity index (χ2n) is 6.43. The molecule has 0 heterocycles. The molecule has 0 nitrogen and oxygen atoms in total. The molecular formula is C23H25Cl3Ti. The molecule has 0 fully saturated rings. The van der Waals surface area contributed by atoms with Gasteiger partial charge in [0.1, 0.15) is 0 Å². The van der Waals surface area contributed by atoms with Gasteiger partial charge in [0.15, 0.2) is 0 Å². The van der Waals surface area contributed by atoms with Crippen LogP contribution in [0.15, 0.2) is 78.9 Å². The molecule has 3 aromatic carbocycles. The Morgan fingerprint density at radius 3 is 1.67 bits per heavy atom. The molecule has 142 valence electrons. The van der Waals surface area contributed by atoms with Crippen LogP contribution in [0.25, 0.3) is 0 Å². The van der Waals surface area contributed by atoms with E-state index < -0.39 is 0 Å². The summed E-state index contributed by atoms with van der Waals surface area (Å²) < 4.78 is 0. The zero-order valence-electron chi connectivity index (χ0n) is 15.8. The van der Waals surface area contributed by atoms with Crippen molar-refractivity contribution in [2.75, 3.05) is 0 Å². The van der Waals surface area contributed by atoms with Crippen molar-refractivity contribution in [2.45, 2.75) is 38.5 Å². The number of unbranched alkanes of at least 4 members (excludes halogenated alkanes) is 1. The van der Waals surface area contributed by atoms with Gasteiger partial charge in [0.05, 0.1) is 0 Å². The molecule has 0 N–H and O–H groups in total. The van der Waals surface area contributed by atoms with Gasteiger partial charge in [-0.25, -0.2) is 12.1 Å². The first-order chi connectivity index (χ1) is 11.3. The molecule has 0 unspecified atom stereocenters.